The van der Waals surface area contributed by atoms with Crippen molar-refractivity contribution in [3.8, 4) is 5.75 Å². The highest BCUT2D eigenvalue weighted by atomic mass is 16.5. The summed E-state index contributed by atoms with van der Waals surface area (Å²) < 4.78 is 5.31. The van der Waals surface area contributed by atoms with Gasteiger partial charge in [0.25, 0.3) is 0 Å². The smallest absolute Gasteiger partial charge is 0.119 e. The predicted molar refractivity (Wildman–Crippen MR) is 77.6 cm³/mol. The van der Waals surface area contributed by atoms with Crippen LogP contribution in [-0.2, 0) is 11.8 Å². The molecule has 0 aromatic heterocycles. The van der Waals surface area contributed by atoms with Gasteiger partial charge in [-0.2, -0.15) is 0 Å². The van der Waals surface area contributed by atoms with E-state index in [0.29, 0.717) is 0 Å². The van der Waals surface area contributed by atoms with Crippen molar-refractivity contribution in [3.05, 3.63) is 29.3 Å². The van der Waals surface area contributed by atoms with Crippen LogP contribution < -0.4 is 10.5 Å². The summed E-state index contributed by atoms with van der Waals surface area (Å²) in [5, 5.41) is 9.47. The van der Waals surface area contributed by atoms with Crippen molar-refractivity contribution in [2.45, 2.75) is 50.5 Å². The lowest BCUT2D eigenvalue weighted by Crippen LogP contribution is -2.48. The van der Waals surface area contributed by atoms with E-state index in [2.05, 4.69) is 19.1 Å². The highest BCUT2D eigenvalue weighted by Gasteiger charge is 2.40. The molecule has 106 valence electrons. The van der Waals surface area contributed by atoms with Gasteiger partial charge in [0.05, 0.1) is 7.11 Å². The average Bonchev–Trinajstić information content (AvgIpc) is 2.46. The molecule has 3 N–H and O–H groups in total. The molecule has 1 aliphatic carbocycles. The summed E-state index contributed by atoms with van der Waals surface area (Å²) in [7, 11) is 1.70. The van der Waals surface area contributed by atoms with Crippen LogP contribution in [0.4, 0.5) is 0 Å². The van der Waals surface area contributed by atoms with E-state index in [9.17, 15) is 5.11 Å². The fraction of sp³-hybridized carbons (Fsp3) is 0.625. The molecule has 1 aromatic rings. The van der Waals surface area contributed by atoms with E-state index >= 15 is 0 Å². The van der Waals surface area contributed by atoms with Gasteiger partial charge in [-0.1, -0.05) is 13.0 Å². The number of benzene rings is 1. The number of hydrogen-bond acceptors (Lipinski definition) is 3. The van der Waals surface area contributed by atoms with Crippen LogP contribution in [0.15, 0.2) is 18.2 Å². The number of aryl methyl sites for hydroxylation is 1. The first kappa shape index (κ1) is 14.4. The van der Waals surface area contributed by atoms with Crippen LogP contribution in [0.5, 0.6) is 5.75 Å². The van der Waals surface area contributed by atoms with E-state index < -0.39 is 0 Å². The Morgan fingerprint density at radius 2 is 2.26 bits per heavy atom. The number of fused-ring (bicyclic) bond motifs is 1. The highest BCUT2D eigenvalue weighted by molar-refractivity contribution is 5.43. The quantitative estimate of drug-likeness (QED) is 0.857. The second-order valence-electron chi connectivity index (χ2n) is 5.52. The molecule has 3 nitrogen and oxygen atoms in total. The molecule has 0 saturated carbocycles. The predicted octanol–water partition coefficient (Wildman–Crippen LogP) is 2.39. The topological polar surface area (TPSA) is 55.5 Å². The van der Waals surface area contributed by atoms with Crippen molar-refractivity contribution in [2.24, 2.45) is 5.73 Å². The summed E-state index contributed by atoms with van der Waals surface area (Å²) in [4.78, 5) is 0. The second kappa shape index (κ2) is 5.93. The van der Waals surface area contributed by atoms with Gasteiger partial charge in [-0.25, -0.2) is 0 Å². The zero-order valence-corrected chi connectivity index (χ0v) is 12.0. The normalized spacial score (nSPS) is 23.8. The van der Waals surface area contributed by atoms with Crippen molar-refractivity contribution in [1.82, 2.24) is 0 Å². The molecule has 0 aliphatic heterocycles. The Balaban J connectivity index is 2.48. The minimum atomic E-state index is -0.0661. The van der Waals surface area contributed by atoms with E-state index in [-0.39, 0.29) is 18.1 Å². The summed E-state index contributed by atoms with van der Waals surface area (Å²) >= 11 is 0. The van der Waals surface area contributed by atoms with E-state index in [1.165, 1.54) is 11.1 Å². The molecule has 0 fully saturated rings. The van der Waals surface area contributed by atoms with Crippen LogP contribution in [0.1, 0.15) is 43.7 Å². The Morgan fingerprint density at radius 3 is 2.89 bits per heavy atom. The van der Waals surface area contributed by atoms with E-state index in [1.807, 2.05) is 6.07 Å². The Bertz CT molecular complexity index is 433. The Morgan fingerprint density at radius 1 is 1.47 bits per heavy atom. The van der Waals surface area contributed by atoms with Crippen molar-refractivity contribution < 1.29 is 9.84 Å². The number of aliphatic hydroxyl groups is 1. The number of ether oxygens (including phenoxy) is 1. The van der Waals surface area contributed by atoms with Gasteiger partial charge in [0.1, 0.15) is 5.75 Å². The maximum atomic E-state index is 9.47. The van der Waals surface area contributed by atoms with E-state index in [1.54, 1.807) is 7.11 Å². The lowest BCUT2D eigenvalue weighted by Gasteiger charge is -2.43. The van der Waals surface area contributed by atoms with Crippen LogP contribution in [0.25, 0.3) is 0 Å². The second-order valence-corrected chi connectivity index (χ2v) is 5.52. The van der Waals surface area contributed by atoms with Gasteiger partial charge in [0.15, 0.2) is 0 Å². The number of aliphatic hydroxyl groups excluding tert-OH is 1. The van der Waals surface area contributed by atoms with Crippen LogP contribution >= 0.6 is 0 Å². The van der Waals surface area contributed by atoms with Gasteiger partial charge >= 0.3 is 0 Å². The summed E-state index contributed by atoms with van der Waals surface area (Å²) in [6, 6.07) is 6.40. The van der Waals surface area contributed by atoms with Gasteiger partial charge in [0, 0.05) is 18.1 Å². The Labute approximate surface area is 115 Å². The molecule has 0 amide bonds. The van der Waals surface area contributed by atoms with Crippen LogP contribution in [0.2, 0.25) is 0 Å². The number of nitrogens with two attached hydrogens (primary N) is 1. The van der Waals surface area contributed by atoms with Gasteiger partial charge < -0.3 is 15.6 Å². The summed E-state index contributed by atoms with van der Waals surface area (Å²) in [5.74, 6) is 0.906. The zero-order valence-electron chi connectivity index (χ0n) is 12.0. The SMILES string of the molecule is CCC(N)C1(CCO)CCCc2cc(OC)ccc21. The first-order valence-electron chi connectivity index (χ1n) is 7.21. The molecule has 19 heavy (non-hydrogen) atoms. The molecule has 2 unspecified atom stereocenters. The standard InChI is InChI=1S/C16H25NO2/c1-3-15(17)16(9-10-18)8-4-5-12-11-13(19-2)6-7-14(12)16/h6-7,11,15,18H,3-5,8-10,17H2,1-2H3. The lowest BCUT2D eigenvalue weighted by atomic mass is 9.63. The number of methoxy groups -OCH3 is 1. The van der Waals surface area contributed by atoms with Crippen molar-refractivity contribution >= 4 is 0 Å². The molecule has 2 rings (SSSR count). The van der Waals surface area contributed by atoms with Crippen molar-refractivity contribution in [3.63, 3.8) is 0 Å². The van der Waals surface area contributed by atoms with Crippen LogP contribution in [-0.4, -0.2) is 24.9 Å². The third-order valence-corrected chi connectivity index (χ3v) is 4.63. The maximum Gasteiger partial charge on any atom is 0.119 e. The molecule has 0 heterocycles. The molecule has 0 bridgehead atoms. The fourth-order valence-electron chi connectivity index (χ4n) is 3.54. The van der Waals surface area contributed by atoms with Crippen molar-refractivity contribution in [2.75, 3.05) is 13.7 Å². The molecule has 0 spiro atoms. The molecule has 0 radical (unpaired) electrons. The largest absolute Gasteiger partial charge is 0.497 e. The monoisotopic (exact) mass is 263 g/mol. The Kier molecular flexibility index (Phi) is 4.48. The summed E-state index contributed by atoms with van der Waals surface area (Å²) in [5.41, 5.74) is 9.00. The maximum absolute atomic E-state index is 9.47. The molecule has 2 atom stereocenters. The molecular weight excluding hydrogens is 238 g/mol. The minimum absolute atomic E-state index is 0.0661. The number of rotatable bonds is 5. The zero-order chi connectivity index (χ0) is 13.9. The van der Waals surface area contributed by atoms with Crippen molar-refractivity contribution in [1.29, 1.82) is 0 Å². The molecule has 1 aromatic carbocycles. The third-order valence-electron chi connectivity index (χ3n) is 4.63. The summed E-state index contributed by atoms with van der Waals surface area (Å²) in [6.07, 6.45) is 4.97. The van der Waals surface area contributed by atoms with Crippen LogP contribution in [0, 0.1) is 0 Å². The molecule has 3 heteroatoms. The van der Waals surface area contributed by atoms with E-state index in [0.717, 1.165) is 37.9 Å². The molecule has 1 aliphatic rings. The first-order valence-corrected chi connectivity index (χ1v) is 7.21. The van der Waals surface area contributed by atoms with Gasteiger partial charge in [-0.15, -0.1) is 0 Å². The average molecular weight is 263 g/mol. The van der Waals surface area contributed by atoms with Gasteiger partial charge in [-0.3, -0.25) is 0 Å². The third kappa shape index (κ3) is 2.49. The van der Waals surface area contributed by atoms with Gasteiger partial charge in [-0.05, 0) is 55.4 Å². The van der Waals surface area contributed by atoms with Gasteiger partial charge in [0.2, 0.25) is 0 Å². The summed E-state index contributed by atoms with van der Waals surface area (Å²) in [6.45, 7) is 2.32. The number of hydrogen-bond donors (Lipinski definition) is 2. The minimum Gasteiger partial charge on any atom is -0.497 e. The first-order chi connectivity index (χ1) is 9.17. The van der Waals surface area contributed by atoms with Crippen LogP contribution in [0.3, 0.4) is 0 Å². The highest BCUT2D eigenvalue weighted by Crippen LogP contribution is 2.43. The Hall–Kier alpha value is -1.06. The van der Waals surface area contributed by atoms with E-state index in [4.69, 9.17) is 10.5 Å². The lowest BCUT2D eigenvalue weighted by molar-refractivity contribution is 0.192. The fourth-order valence-corrected chi connectivity index (χ4v) is 3.54. The molecule has 0 saturated heterocycles. The molecular formula is C16H25NO2.